The van der Waals surface area contributed by atoms with Gasteiger partial charge in [0.25, 0.3) is 0 Å². The third kappa shape index (κ3) is 8.45. The van der Waals surface area contributed by atoms with Crippen molar-refractivity contribution in [3.05, 3.63) is 0 Å². The summed E-state index contributed by atoms with van der Waals surface area (Å²) in [6.45, 7) is -2.19. The van der Waals surface area contributed by atoms with Gasteiger partial charge >= 0.3 is 15.6 Å². The van der Waals surface area contributed by atoms with Crippen LogP contribution in [0.4, 0.5) is 0 Å². The van der Waals surface area contributed by atoms with E-state index in [-0.39, 0.29) is 6.29 Å². The average molecular weight is 502 g/mol. The van der Waals surface area contributed by atoms with E-state index in [4.69, 9.17) is 24.7 Å². The van der Waals surface area contributed by atoms with E-state index in [1.54, 1.807) is 0 Å². The summed E-state index contributed by atoms with van der Waals surface area (Å²) in [4.78, 5) is 37.9. The van der Waals surface area contributed by atoms with E-state index in [1.165, 1.54) is 0 Å². The van der Waals surface area contributed by atoms with Gasteiger partial charge < -0.3 is 60.0 Å². The summed E-state index contributed by atoms with van der Waals surface area (Å²) in [7, 11) is -10.7. The molecule has 0 saturated carbocycles. The molecule has 1 aliphatic heterocycles. The molecule has 1 unspecified atom stereocenters. The molecular weight excluding hydrogens is 478 g/mol. The summed E-state index contributed by atoms with van der Waals surface area (Å²) >= 11 is 0. The highest BCUT2D eigenvalue weighted by atomic mass is 31.2. The van der Waals surface area contributed by atoms with Crippen LogP contribution in [0.2, 0.25) is 0 Å². The number of phosphoric ester groups is 2. The highest BCUT2D eigenvalue weighted by Crippen LogP contribution is 2.49. The van der Waals surface area contributed by atoms with Crippen molar-refractivity contribution in [2.24, 2.45) is 0 Å². The second-order valence-corrected chi connectivity index (χ2v) is 8.91. The Labute approximate surface area is 173 Å². The van der Waals surface area contributed by atoms with Crippen LogP contribution >= 0.6 is 15.6 Å². The van der Waals surface area contributed by atoms with Crippen LogP contribution < -0.4 is 0 Å². The number of phosphoric acid groups is 2. The number of aliphatic hydroxyl groups excluding tert-OH is 7. The summed E-state index contributed by atoms with van der Waals surface area (Å²) in [6, 6.07) is 0. The van der Waals surface area contributed by atoms with Gasteiger partial charge in [-0.05, 0) is 0 Å². The number of ether oxygens (including phenoxy) is 1. The van der Waals surface area contributed by atoms with E-state index >= 15 is 0 Å². The quantitative estimate of drug-likeness (QED) is 0.0880. The van der Waals surface area contributed by atoms with Crippen molar-refractivity contribution in [1.82, 2.24) is 0 Å². The molecule has 19 heteroatoms. The Hall–Kier alpha value is -0.430. The van der Waals surface area contributed by atoms with Gasteiger partial charge in [0.15, 0.2) is 12.6 Å². The van der Waals surface area contributed by atoms with Gasteiger partial charge in [0.1, 0.15) is 48.8 Å². The van der Waals surface area contributed by atoms with Crippen LogP contribution in [0.3, 0.4) is 0 Å². The van der Waals surface area contributed by atoms with Crippen LogP contribution in [0.5, 0.6) is 0 Å². The summed E-state index contributed by atoms with van der Waals surface area (Å²) < 4.78 is 41.0. The fourth-order valence-electron chi connectivity index (χ4n) is 2.35. The number of hydrogen-bond acceptors (Lipinski definition) is 14. The van der Waals surface area contributed by atoms with Crippen molar-refractivity contribution in [3.8, 4) is 0 Å². The molecule has 17 nitrogen and oxygen atoms in total. The fraction of sp³-hybridized carbons (Fsp3) is 0.917. The van der Waals surface area contributed by atoms with E-state index in [2.05, 4.69) is 13.6 Å². The Kier molecular flexibility index (Phi) is 10.7. The van der Waals surface area contributed by atoms with Crippen molar-refractivity contribution in [2.45, 2.75) is 55.1 Å². The molecule has 0 radical (unpaired) electrons. The minimum atomic E-state index is -5.34. The molecule has 0 aromatic carbocycles. The lowest BCUT2D eigenvalue weighted by Gasteiger charge is -2.41. The maximum Gasteiger partial charge on any atom is 0.472 e. The Morgan fingerprint density at radius 3 is 2.03 bits per heavy atom. The van der Waals surface area contributed by atoms with Gasteiger partial charge in [-0.15, -0.1) is 0 Å². The van der Waals surface area contributed by atoms with Crippen LogP contribution in [-0.4, -0.2) is 125 Å². The predicted molar refractivity (Wildman–Crippen MR) is 91.6 cm³/mol. The summed E-state index contributed by atoms with van der Waals surface area (Å²) in [5, 5.41) is 66.6. The maximum atomic E-state index is 12.1. The Balaban J connectivity index is 2.88. The molecule has 1 fully saturated rings. The molecule has 0 aliphatic carbocycles. The summed E-state index contributed by atoms with van der Waals surface area (Å²) in [6.07, 6.45) is -19.1. The van der Waals surface area contributed by atoms with Crippen molar-refractivity contribution >= 4 is 21.9 Å². The standard InChI is InChI=1S/C12H24O17P2/c13-1-4(15)7(17)8(18)5(16)3-26-31(24,25)28-11-10(20)9(19)6(2-14)27-12(11)29-30(21,22)23/h1,4-12,14-20H,2-3H2,(H,24,25)(H2,21,22,23)/t4-,5+,6+,7+,8+,9+,10-,11+,12+/m0/s1. The molecule has 31 heavy (non-hydrogen) atoms. The second-order valence-electron chi connectivity index (χ2n) is 6.31. The first kappa shape index (κ1) is 28.6. The first-order chi connectivity index (χ1) is 14.1. The van der Waals surface area contributed by atoms with Gasteiger partial charge in [0, 0.05) is 0 Å². The Morgan fingerprint density at radius 2 is 1.55 bits per heavy atom. The molecule has 1 aliphatic rings. The van der Waals surface area contributed by atoms with Crippen molar-refractivity contribution in [1.29, 1.82) is 0 Å². The molecule has 1 saturated heterocycles. The SMILES string of the molecule is O=C[C@H](O)[C@@H](O)[C@H](O)[C@H](O)COP(=O)(O)O[C@H]1[C@@H](OP(=O)(O)O)O[C@H](CO)[C@@H](O)[C@@H]1O. The lowest BCUT2D eigenvalue weighted by atomic mass is 9.99. The summed E-state index contributed by atoms with van der Waals surface area (Å²) in [5.41, 5.74) is 0. The first-order valence-corrected chi connectivity index (χ1v) is 11.4. The van der Waals surface area contributed by atoms with E-state index in [1.807, 2.05) is 0 Å². The van der Waals surface area contributed by atoms with E-state index in [9.17, 15) is 44.4 Å². The molecule has 0 aromatic rings. The molecule has 184 valence electrons. The van der Waals surface area contributed by atoms with Crippen molar-refractivity contribution in [2.75, 3.05) is 13.2 Å². The molecular formula is C12H24O17P2. The second kappa shape index (κ2) is 11.6. The van der Waals surface area contributed by atoms with Gasteiger partial charge in [0.05, 0.1) is 13.2 Å². The molecule has 1 rings (SSSR count). The van der Waals surface area contributed by atoms with Gasteiger partial charge in [0.2, 0.25) is 0 Å². The van der Waals surface area contributed by atoms with Crippen molar-refractivity contribution < 1.29 is 82.7 Å². The van der Waals surface area contributed by atoms with Gasteiger partial charge in [-0.3, -0.25) is 13.6 Å². The monoisotopic (exact) mass is 502 g/mol. The average Bonchev–Trinajstić information content (AvgIpc) is 2.68. The largest absolute Gasteiger partial charge is 0.472 e. The zero-order chi connectivity index (χ0) is 24.1. The zero-order valence-corrected chi connectivity index (χ0v) is 17.2. The number of aliphatic hydroxyl groups is 7. The molecule has 10 N–H and O–H groups in total. The van der Waals surface area contributed by atoms with Crippen LogP contribution in [0.15, 0.2) is 0 Å². The van der Waals surface area contributed by atoms with Gasteiger partial charge in [-0.1, -0.05) is 0 Å². The summed E-state index contributed by atoms with van der Waals surface area (Å²) in [5.74, 6) is 0. The van der Waals surface area contributed by atoms with E-state index in [0.29, 0.717) is 0 Å². The fourth-order valence-corrected chi connectivity index (χ4v) is 3.73. The smallest absolute Gasteiger partial charge is 0.394 e. The third-order valence-corrected chi connectivity index (χ3v) is 5.43. The molecule has 0 amide bonds. The number of rotatable bonds is 12. The van der Waals surface area contributed by atoms with Crippen LogP contribution in [0.25, 0.3) is 0 Å². The minimum Gasteiger partial charge on any atom is -0.394 e. The van der Waals surface area contributed by atoms with Gasteiger partial charge in [-0.25, -0.2) is 9.13 Å². The lowest BCUT2D eigenvalue weighted by Crippen LogP contribution is -2.59. The zero-order valence-electron chi connectivity index (χ0n) is 15.4. The molecule has 1 heterocycles. The highest BCUT2D eigenvalue weighted by molar-refractivity contribution is 7.47. The van der Waals surface area contributed by atoms with Crippen LogP contribution in [0, 0.1) is 0 Å². The number of carbonyl (C=O) groups excluding carboxylic acids is 1. The van der Waals surface area contributed by atoms with E-state index < -0.39 is 84.0 Å². The highest BCUT2D eigenvalue weighted by Gasteiger charge is 2.50. The normalized spacial score (nSPS) is 33.2. The maximum absolute atomic E-state index is 12.1. The number of hydrogen-bond donors (Lipinski definition) is 10. The molecule has 10 atom stereocenters. The van der Waals surface area contributed by atoms with Gasteiger partial charge in [-0.2, -0.15) is 0 Å². The Morgan fingerprint density at radius 1 is 0.968 bits per heavy atom. The number of carbonyl (C=O) groups is 1. The topological polar surface area (TPSA) is 290 Å². The molecule has 0 spiro atoms. The lowest BCUT2D eigenvalue weighted by molar-refractivity contribution is -0.277. The molecule has 0 aromatic heterocycles. The van der Waals surface area contributed by atoms with Crippen LogP contribution in [-0.2, 0) is 32.2 Å². The predicted octanol–water partition coefficient (Wildman–Crippen LogP) is -5.32. The number of aldehydes is 1. The minimum absolute atomic E-state index is 0.155. The van der Waals surface area contributed by atoms with Crippen LogP contribution in [0.1, 0.15) is 0 Å². The molecule has 0 bridgehead atoms. The van der Waals surface area contributed by atoms with E-state index in [0.717, 1.165) is 0 Å². The third-order valence-electron chi connectivity index (χ3n) is 3.96. The Bertz CT molecular complexity index is 669. The van der Waals surface area contributed by atoms with Crippen molar-refractivity contribution in [3.63, 3.8) is 0 Å². The first-order valence-electron chi connectivity index (χ1n) is 8.33.